The lowest BCUT2D eigenvalue weighted by Gasteiger charge is -2.37. The Labute approximate surface area is 98.6 Å². The Morgan fingerprint density at radius 2 is 1.94 bits per heavy atom. The predicted octanol–water partition coefficient (Wildman–Crippen LogP) is 0.895. The zero-order valence-electron chi connectivity index (χ0n) is 9.64. The van der Waals surface area contributed by atoms with Gasteiger partial charge in [0.2, 0.25) is 0 Å². The summed E-state index contributed by atoms with van der Waals surface area (Å²) >= 11 is 0. The van der Waals surface area contributed by atoms with Gasteiger partial charge in [0.1, 0.15) is 0 Å². The van der Waals surface area contributed by atoms with Crippen LogP contribution in [0.2, 0.25) is 0 Å². The number of hydrogen-bond acceptors (Lipinski definition) is 4. The first-order chi connectivity index (χ1) is 7.94. The van der Waals surface area contributed by atoms with Crippen LogP contribution in [0.1, 0.15) is 32.1 Å². The van der Waals surface area contributed by atoms with Gasteiger partial charge in [-0.15, -0.1) is 0 Å². The minimum absolute atomic E-state index is 0.203. The molecule has 0 spiro atoms. The van der Waals surface area contributed by atoms with Gasteiger partial charge in [-0.05, 0) is 12.8 Å². The van der Waals surface area contributed by atoms with Gasteiger partial charge in [-0.2, -0.15) is 0 Å². The van der Waals surface area contributed by atoms with Gasteiger partial charge in [-0.25, -0.2) is 0 Å². The number of carbonyl (C=O) groups is 3. The molecule has 2 N–H and O–H groups in total. The molecule has 1 rings (SSSR count). The number of aliphatic carboxylic acids is 2. The highest BCUT2D eigenvalue weighted by molar-refractivity contribution is 5.88. The van der Waals surface area contributed by atoms with Crippen LogP contribution in [-0.2, 0) is 19.1 Å². The number of rotatable bonds is 4. The lowest BCUT2D eigenvalue weighted by Crippen LogP contribution is -2.46. The van der Waals surface area contributed by atoms with E-state index in [9.17, 15) is 19.5 Å². The SMILES string of the molecule is COC(=O)CC1(C(=O)O)CCCCC1C(=O)O. The molecular formula is C11H16O6. The summed E-state index contributed by atoms with van der Waals surface area (Å²) in [6.07, 6.45) is 1.41. The first kappa shape index (κ1) is 13.5. The number of carbonyl (C=O) groups excluding carboxylic acids is 1. The molecule has 0 heterocycles. The van der Waals surface area contributed by atoms with Gasteiger partial charge in [-0.3, -0.25) is 14.4 Å². The fraction of sp³-hybridized carbons (Fsp3) is 0.727. The molecule has 0 bridgehead atoms. The zero-order valence-corrected chi connectivity index (χ0v) is 9.64. The average Bonchev–Trinajstić information content (AvgIpc) is 2.28. The smallest absolute Gasteiger partial charge is 0.311 e. The first-order valence-electron chi connectivity index (χ1n) is 5.47. The van der Waals surface area contributed by atoms with Crippen LogP contribution in [0.3, 0.4) is 0 Å². The first-order valence-corrected chi connectivity index (χ1v) is 5.47. The van der Waals surface area contributed by atoms with Crippen LogP contribution < -0.4 is 0 Å². The molecule has 96 valence electrons. The van der Waals surface area contributed by atoms with E-state index in [1.807, 2.05) is 0 Å². The van der Waals surface area contributed by atoms with Gasteiger partial charge >= 0.3 is 17.9 Å². The molecule has 6 heteroatoms. The van der Waals surface area contributed by atoms with E-state index in [-0.39, 0.29) is 12.8 Å². The highest BCUT2D eigenvalue weighted by Gasteiger charge is 2.52. The maximum atomic E-state index is 11.4. The molecule has 6 nitrogen and oxygen atoms in total. The summed E-state index contributed by atoms with van der Waals surface area (Å²) in [5.41, 5.74) is -1.52. The predicted molar refractivity (Wildman–Crippen MR) is 56.3 cm³/mol. The summed E-state index contributed by atoms with van der Waals surface area (Å²) < 4.78 is 4.46. The Balaban J connectivity index is 3.05. The highest BCUT2D eigenvalue weighted by Crippen LogP contribution is 2.44. The van der Waals surface area contributed by atoms with Crippen molar-refractivity contribution >= 4 is 17.9 Å². The number of methoxy groups -OCH3 is 1. The van der Waals surface area contributed by atoms with Crippen LogP contribution in [0.5, 0.6) is 0 Å². The van der Waals surface area contributed by atoms with Gasteiger partial charge in [0.05, 0.1) is 24.9 Å². The second-order valence-electron chi connectivity index (χ2n) is 4.35. The van der Waals surface area contributed by atoms with E-state index in [1.54, 1.807) is 0 Å². The lowest BCUT2D eigenvalue weighted by atomic mass is 9.64. The number of carboxylic acid groups (broad SMARTS) is 2. The monoisotopic (exact) mass is 244 g/mol. The molecule has 1 saturated carbocycles. The van der Waals surface area contributed by atoms with Crippen molar-refractivity contribution in [1.82, 2.24) is 0 Å². The fourth-order valence-corrected chi connectivity index (χ4v) is 2.47. The third-order valence-corrected chi connectivity index (χ3v) is 3.44. The van der Waals surface area contributed by atoms with E-state index < -0.39 is 29.2 Å². The van der Waals surface area contributed by atoms with Crippen molar-refractivity contribution in [2.24, 2.45) is 11.3 Å². The molecule has 1 aliphatic carbocycles. The molecule has 2 atom stereocenters. The van der Waals surface area contributed by atoms with Crippen molar-refractivity contribution in [2.75, 3.05) is 7.11 Å². The Kier molecular flexibility index (Phi) is 4.09. The second-order valence-corrected chi connectivity index (χ2v) is 4.35. The quantitative estimate of drug-likeness (QED) is 0.712. The Morgan fingerprint density at radius 1 is 1.29 bits per heavy atom. The molecule has 0 amide bonds. The summed E-state index contributed by atoms with van der Waals surface area (Å²) in [5, 5.41) is 18.4. The van der Waals surface area contributed by atoms with Gasteiger partial charge < -0.3 is 14.9 Å². The standard InChI is InChI=1S/C11H16O6/c1-17-8(12)6-11(10(15)16)5-3-2-4-7(11)9(13)14/h7H,2-6H2,1H3,(H,13,14)(H,15,16). The number of hydrogen-bond donors (Lipinski definition) is 2. The third-order valence-electron chi connectivity index (χ3n) is 3.44. The maximum Gasteiger partial charge on any atom is 0.311 e. The maximum absolute atomic E-state index is 11.4. The van der Waals surface area contributed by atoms with Crippen LogP contribution in [0, 0.1) is 11.3 Å². The Morgan fingerprint density at radius 3 is 2.41 bits per heavy atom. The van der Waals surface area contributed by atoms with E-state index in [0.717, 1.165) is 7.11 Å². The van der Waals surface area contributed by atoms with Crippen LogP contribution in [0.25, 0.3) is 0 Å². The summed E-state index contributed by atoms with van der Waals surface area (Å²) in [5.74, 6) is -4.08. The number of esters is 1. The van der Waals surface area contributed by atoms with Crippen LogP contribution in [0.4, 0.5) is 0 Å². The Hall–Kier alpha value is -1.59. The van der Waals surface area contributed by atoms with Crippen molar-refractivity contribution < 1.29 is 29.3 Å². The average molecular weight is 244 g/mol. The van der Waals surface area contributed by atoms with Crippen molar-refractivity contribution in [3.05, 3.63) is 0 Å². The fourth-order valence-electron chi connectivity index (χ4n) is 2.47. The van der Waals surface area contributed by atoms with Crippen LogP contribution in [-0.4, -0.2) is 35.2 Å². The van der Waals surface area contributed by atoms with Gasteiger partial charge in [0.25, 0.3) is 0 Å². The molecule has 2 unspecified atom stereocenters. The summed E-state index contributed by atoms with van der Waals surface area (Å²) in [7, 11) is 1.16. The second kappa shape index (κ2) is 5.16. The van der Waals surface area contributed by atoms with Crippen molar-refractivity contribution in [3.8, 4) is 0 Å². The molecule has 17 heavy (non-hydrogen) atoms. The number of ether oxygens (including phenoxy) is 1. The third kappa shape index (κ3) is 2.57. The molecule has 0 aromatic heterocycles. The van der Waals surface area contributed by atoms with E-state index in [4.69, 9.17) is 5.11 Å². The van der Waals surface area contributed by atoms with Crippen molar-refractivity contribution in [1.29, 1.82) is 0 Å². The molecule has 0 radical (unpaired) electrons. The molecule has 0 aliphatic heterocycles. The highest BCUT2D eigenvalue weighted by atomic mass is 16.5. The summed E-state index contributed by atoms with van der Waals surface area (Å²) in [4.78, 5) is 33.8. The normalized spacial score (nSPS) is 28.4. The van der Waals surface area contributed by atoms with Crippen molar-refractivity contribution in [2.45, 2.75) is 32.1 Å². The van der Waals surface area contributed by atoms with Crippen molar-refractivity contribution in [3.63, 3.8) is 0 Å². The summed E-state index contributed by atoms with van der Waals surface area (Å²) in [6.45, 7) is 0. The lowest BCUT2D eigenvalue weighted by molar-refractivity contribution is -0.171. The van der Waals surface area contributed by atoms with Crippen LogP contribution in [0.15, 0.2) is 0 Å². The molecule has 0 saturated heterocycles. The largest absolute Gasteiger partial charge is 0.481 e. The molecule has 0 aromatic rings. The zero-order chi connectivity index (χ0) is 13.1. The van der Waals surface area contributed by atoms with Gasteiger partial charge in [-0.1, -0.05) is 12.8 Å². The minimum Gasteiger partial charge on any atom is -0.481 e. The molecular weight excluding hydrogens is 228 g/mol. The van der Waals surface area contributed by atoms with Crippen LogP contribution >= 0.6 is 0 Å². The summed E-state index contributed by atoms with van der Waals surface area (Å²) in [6, 6.07) is 0. The Bertz CT molecular complexity index is 337. The van der Waals surface area contributed by atoms with Gasteiger partial charge in [0, 0.05) is 0 Å². The molecule has 0 aromatic carbocycles. The number of carboxylic acids is 2. The van der Waals surface area contributed by atoms with Gasteiger partial charge in [0.15, 0.2) is 0 Å². The molecule has 1 fully saturated rings. The van der Waals surface area contributed by atoms with E-state index in [1.165, 1.54) is 0 Å². The molecule has 1 aliphatic rings. The minimum atomic E-state index is -1.52. The van der Waals surface area contributed by atoms with E-state index in [2.05, 4.69) is 4.74 Å². The topological polar surface area (TPSA) is 101 Å². The van der Waals surface area contributed by atoms with E-state index in [0.29, 0.717) is 19.3 Å². The van der Waals surface area contributed by atoms with E-state index >= 15 is 0 Å².